The number of allylic oxidation sites excluding steroid dienone is 2. The minimum Gasteiger partial charge on any atom is -0.466 e. The summed E-state index contributed by atoms with van der Waals surface area (Å²) in [6.07, 6.45) is 15.6. The monoisotopic (exact) mass is 224 g/mol. The predicted molar refractivity (Wildman–Crippen MR) is 66.3 cm³/mol. The molecule has 0 saturated carbocycles. The van der Waals surface area contributed by atoms with Gasteiger partial charge in [-0.15, -0.1) is 0 Å². The molecule has 0 aromatic rings. The predicted octanol–water partition coefficient (Wildman–Crippen LogP) is 4.00. The molecule has 1 rings (SSSR count). The van der Waals surface area contributed by atoms with Gasteiger partial charge in [-0.25, -0.2) is 0 Å². The van der Waals surface area contributed by atoms with Gasteiger partial charge in [-0.05, 0) is 38.5 Å². The summed E-state index contributed by atoms with van der Waals surface area (Å²) in [5.41, 5.74) is 0. The average Bonchev–Trinajstić information content (AvgIpc) is 2.29. The van der Waals surface area contributed by atoms with Gasteiger partial charge < -0.3 is 4.74 Å². The molecule has 2 nitrogen and oxygen atoms in total. The van der Waals surface area contributed by atoms with Crippen LogP contribution in [-0.2, 0) is 9.53 Å². The highest BCUT2D eigenvalue weighted by molar-refractivity contribution is 5.69. The molecule has 0 N–H and O–H groups in total. The minimum absolute atomic E-state index is 0.00888. The number of carbonyl (C=O) groups excluding carboxylic acids is 1. The first-order valence-corrected chi connectivity index (χ1v) is 6.70. The fraction of sp³-hybridized carbons (Fsp3) is 0.786. The van der Waals surface area contributed by atoms with Gasteiger partial charge in [0, 0.05) is 6.42 Å². The molecule has 0 aromatic heterocycles. The van der Waals surface area contributed by atoms with Crippen molar-refractivity contribution in [3.8, 4) is 0 Å². The number of hydrogen-bond acceptors (Lipinski definition) is 2. The molecule has 0 atom stereocenters. The molecule has 1 aliphatic rings. The Balaban J connectivity index is 2.19. The van der Waals surface area contributed by atoms with Gasteiger partial charge in [-0.1, -0.05) is 31.4 Å². The van der Waals surface area contributed by atoms with Gasteiger partial charge in [0.15, 0.2) is 0 Å². The molecule has 16 heavy (non-hydrogen) atoms. The fourth-order valence-electron chi connectivity index (χ4n) is 1.92. The van der Waals surface area contributed by atoms with Crippen LogP contribution in [0.4, 0.5) is 0 Å². The second kappa shape index (κ2) is 9.44. The number of esters is 1. The molecule has 92 valence electrons. The molecular formula is C14H24O2. The molecule has 0 unspecified atom stereocenters. The van der Waals surface area contributed by atoms with Crippen LogP contribution in [0.2, 0.25) is 0 Å². The van der Waals surface area contributed by atoms with Gasteiger partial charge in [0.25, 0.3) is 0 Å². The molecule has 0 spiro atoms. The van der Waals surface area contributed by atoms with E-state index in [0.717, 1.165) is 25.7 Å². The van der Waals surface area contributed by atoms with E-state index in [-0.39, 0.29) is 5.97 Å². The summed E-state index contributed by atoms with van der Waals surface area (Å²) < 4.78 is 5.16. The molecular weight excluding hydrogens is 200 g/mol. The molecule has 0 amide bonds. The molecule has 1 heterocycles. The van der Waals surface area contributed by atoms with E-state index >= 15 is 0 Å². The van der Waals surface area contributed by atoms with Gasteiger partial charge >= 0.3 is 5.97 Å². The topological polar surface area (TPSA) is 26.3 Å². The van der Waals surface area contributed by atoms with Crippen molar-refractivity contribution in [3.63, 3.8) is 0 Å². The smallest absolute Gasteiger partial charge is 0.305 e. The van der Waals surface area contributed by atoms with E-state index in [2.05, 4.69) is 12.2 Å². The number of cyclic esters (lactones) is 1. The highest BCUT2D eigenvalue weighted by Crippen LogP contribution is 2.09. The summed E-state index contributed by atoms with van der Waals surface area (Å²) in [7, 11) is 0. The van der Waals surface area contributed by atoms with Crippen molar-refractivity contribution in [1.82, 2.24) is 0 Å². The first kappa shape index (κ1) is 13.3. The van der Waals surface area contributed by atoms with Crippen LogP contribution in [0.1, 0.15) is 64.2 Å². The Hall–Kier alpha value is -0.790. The van der Waals surface area contributed by atoms with Crippen molar-refractivity contribution < 1.29 is 9.53 Å². The van der Waals surface area contributed by atoms with E-state index in [4.69, 9.17) is 4.74 Å². The lowest BCUT2D eigenvalue weighted by Crippen LogP contribution is -2.05. The van der Waals surface area contributed by atoms with E-state index in [0.29, 0.717) is 13.0 Å². The third kappa shape index (κ3) is 7.49. The van der Waals surface area contributed by atoms with Crippen LogP contribution in [0.25, 0.3) is 0 Å². The number of rotatable bonds is 0. The second-order valence-electron chi connectivity index (χ2n) is 4.49. The molecule has 0 fully saturated rings. The van der Waals surface area contributed by atoms with Gasteiger partial charge in [-0.2, -0.15) is 0 Å². The molecule has 0 saturated heterocycles. The summed E-state index contributed by atoms with van der Waals surface area (Å²) in [4.78, 5) is 11.3. The SMILES string of the molecule is O=C1CCCCCCCC=CCCCCO1. The summed E-state index contributed by atoms with van der Waals surface area (Å²) in [5.74, 6) is -0.00888. The quantitative estimate of drug-likeness (QED) is 0.459. The van der Waals surface area contributed by atoms with E-state index in [1.165, 1.54) is 32.1 Å². The van der Waals surface area contributed by atoms with Crippen molar-refractivity contribution in [2.45, 2.75) is 64.2 Å². The van der Waals surface area contributed by atoms with Crippen LogP contribution in [0.5, 0.6) is 0 Å². The number of hydrogen-bond donors (Lipinski definition) is 0. The van der Waals surface area contributed by atoms with Gasteiger partial charge in [-0.3, -0.25) is 4.79 Å². The Morgan fingerprint density at radius 1 is 0.812 bits per heavy atom. The van der Waals surface area contributed by atoms with Crippen molar-refractivity contribution in [3.05, 3.63) is 12.2 Å². The average molecular weight is 224 g/mol. The molecule has 0 aliphatic carbocycles. The zero-order chi connectivity index (χ0) is 11.5. The molecule has 0 bridgehead atoms. The fourth-order valence-corrected chi connectivity index (χ4v) is 1.92. The molecule has 0 aromatic carbocycles. The standard InChI is InChI=1S/C14H24O2/c15-14-12-10-8-6-4-2-1-3-5-7-9-11-13-16-14/h3,5H,1-2,4,6-13H2. The van der Waals surface area contributed by atoms with Crippen molar-refractivity contribution in [2.24, 2.45) is 0 Å². The summed E-state index contributed by atoms with van der Waals surface area (Å²) in [6.45, 7) is 0.604. The third-order valence-electron chi connectivity index (χ3n) is 2.95. The highest BCUT2D eigenvalue weighted by atomic mass is 16.5. The maximum absolute atomic E-state index is 11.3. The second-order valence-corrected chi connectivity index (χ2v) is 4.49. The van der Waals surface area contributed by atoms with Gasteiger partial charge in [0.1, 0.15) is 0 Å². The van der Waals surface area contributed by atoms with E-state index in [9.17, 15) is 4.79 Å². The van der Waals surface area contributed by atoms with E-state index < -0.39 is 0 Å². The summed E-state index contributed by atoms with van der Waals surface area (Å²) in [6, 6.07) is 0. The van der Waals surface area contributed by atoms with Gasteiger partial charge in [0.2, 0.25) is 0 Å². The lowest BCUT2D eigenvalue weighted by Gasteiger charge is -2.03. The van der Waals surface area contributed by atoms with Crippen LogP contribution in [0, 0.1) is 0 Å². The zero-order valence-electron chi connectivity index (χ0n) is 10.2. The van der Waals surface area contributed by atoms with Crippen LogP contribution in [0.3, 0.4) is 0 Å². The van der Waals surface area contributed by atoms with Crippen LogP contribution in [0.15, 0.2) is 12.2 Å². The summed E-state index contributed by atoms with van der Waals surface area (Å²) in [5, 5.41) is 0. The third-order valence-corrected chi connectivity index (χ3v) is 2.95. The highest BCUT2D eigenvalue weighted by Gasteiger charge is 2.02. The Kier molecular flexibility index (Phi) is 7.83. The maximum Gasteiger partial charge on any atom is 0.305 e. The van der Waals surface area contributed by atoms with Crippen molar-refractivity contribution in [1.29, 1.82) is 0 Å². The van der Waals surface area contributed by atoms with Crippen LogP contribution >= 0.6 is 0 Å². The Morgan fingerprint density at radius 2 is 1.44 bits per heavy atom. The molecule has 0 radical (unpaired) electrons. The summed E-state index contributed by atoms with van der Waals surface area (Å²) >= 11 is 0. The lowest BCUT2D eigenvalue weighted by atomic mass is 10.1. The minimum atomic E-state index is -0.00888. The maximum atomic E-state index is 11.3. The zero-order valence-corrected chi connectivity index (χ0v) is 10.2. The molecule has 2 heteroatoms. The normalized spacial score (nSPS) is 21.9. The number of carbonyl (C=O) groups is 1. The lowest BCUT2D eigenvalue weighted by molar-refractivity contribution is -0.143. The largest absolute Gasteiger partial charge is 0.466 e. The van der Waals surface area contributed by atoms with E-state index in [1.54, 1.807) is 0 Å². The Labute approximate surface area is 99.1 Å². The van der Waals surface area contributed by atoms with Crippen LogP contribution in [-0.4, -0.2) is 12.6 Å². The first-order valence-electron chi connectivity index (χ1n) is 6.70. The molecule has 1 aliphatic heterocycles. The Bertz CT molecular complexity index is 209. The van der Waals surface area contributed by atoms with Gasteiger partial charge in [0.05, 0.1) is 6.61 Å². The van der Waals surface area contributed by atoms with Crippen molar-refractivity contribution in [2.75, 3.05) is 6.61 Å². The van der Waals surface area contributed by atoms with E-state index in [1.807, 2.05) is 0 Å². The Morgan fingerprint density at radius 3 is 2.25 bits per heavy atom. The van der Waals surface area contributed by atoms with Crippen LogP contribution < -0.4 is 0 Å². The number of ether oxygens (including phenoxy) is 1. The van der Waals surface area contributed by atoms with Crippen molar-refractivity contribution >= 4 is 5.97 Å². The first-order chi connectivity index (χ1) is 7.89.